The number of aryl methyl sites for hydroxylation is 2. The largest absolute Gasteiger partial charge is 0.356 e. The molecular weight excluding hydrogens is 447 g/mol. The lowest BCUT2D eigenvalue weighted by molar-refractivity contribution is -0.134. The van der Waals surface area contributed by atoms with Crippen molar-refractivity contribution in [1.29, 1.82) is 0 Å². The van der Waals surface area contributed by atoms with E-state index in [2.05, 4.69) is 10.6 Å². The summed E-state index contributed by atoms with van der Waals surface area (Å²) in [4.78, 5) is 41.0. The SMILES string of the molecule is Cc1cccc(C)c1NC(=O)CN(C)C(=O)CN1CCC(C(=O)NCCc2ccccc2F)CC1. The van der Waals surface area contributed by atoms with Gasteiger partial charge in [0.15, 0.2) is 0 Å². The van der Waals surface area contributed by atoms with Gasteiger partial charge in [-0.05, 0) is 69.0 Å². The van der Waals surface area contributed by atoms with Crippen molar-refractivity contribution in [3.8, 4) is 0 Å². The van der Waals surface area contributed by atoms with Gasteiger partial charge in [0.1, 0.15) is 5.82 Å². The van der Waals surface area contributed by atoms with Crippen molar-refractivity contribution in [1.82, 2.24) is 15.1 Å². The second kappa shape index (κ2) is 12.4. The zero-order valence-electron chi connectivity index (χ0n) is 20.8. The monoisotopic (exact) mass is 482 g/mol. The molecule has 35 heavy (non-hydrogen) atoms. The van der Waals surface area contributed by atoms with Crippen LogP contribution in [0.2, 0.25) is 0 Å². The van der Waals surface area contributed by atoms with E-state index in [1.807, 2.05) is 36.9 Å². The molecule has 188 valence electrons. The average molecular weight is 483 g/mol. The molecule has 8 heteroatoms. The molecule has 0 aliphatic carbocycles. The van der Waals surface area contributed by atoms with Crippen molar-refractivity contribution in [2.45, 2.75) is 33.1 Å². The Kier molecular flexibility index (Phi) is 9.37. The first-order chi connectivity index (χ1) is 16.7. The van der Waals surface area contributed by atoms with Crippen LogP contribution < -0.4 is 10.6 Å². The number of benzene rings is 2. The quantitative estimate of drug-likeness (QED) is 0.576. The first-order valence-electron chi connectivity index (χ1n) is 12.1. The fraction of sp³-hybridized carbons (Fsp3) is 0.444. The highest BCUT2D eigenvalue weighted by atomic mass is 19.1. The van der Waals surface area contributed by atoms with Gasteiger partial charge >= 0.3 is 0 Å². The highest BCUT2D eigenvalue weighted by molar-refractivity contribution is 5.95. The van der Waals surface area contributed by atoms with E-state index in [0.717, 1.165) is 16.8 Å². The summed E-state index contributed by atoms with van der Waals surface area (Å²) in [5, 5.41) is 5.81. The average Bonchev–Trinajstić information content (AvgIpc) is 2.83. The number of nitrogens with one attached hydrogen (secondary N) is 2. The van der Waals surface area contributed by atoms with Crippen LogP contribution in [0.5, 0.6) is 0 Å². The van der Waals surface area contributed by atoms with Crippen molar-refractivity contribution < 1.29 is 18.8 Å². The molecule has 2 aromatic rings. The highest BCUT2D eigenvalue weighted by Crippen LogP contribution is 2.20. The fourth-order valence-corrected chi connectivity index (χ4v) is 4.33. The number of anilines is 1. The van der Waals surface area contributed by atoms with Gasteiger partial charge in [0.05, 0.1) is 13.1 Å². The third kappa shape index (κ3) is 7.62. The van der Waals surface area contributed by atoms with Crippen LogP contribution in [0, 0.1) is 25.6 Å². The Balaban J connectivity index is 1.37. The number of carbonyl (C=O) groups is 3. The fourth-order valence-electron chi connectivity index (χ4n) is 4.33. The number of para-hydroxylation sites is 1. The van der Waals surface area contributed by atoms with Crippen LogP contribution in [-0.4, -0.2) is 67.3 Å². The molecule has 1 aliphatic rings. The molecule has 2 N–H and O–H groups in total. The van der Waals surface area contributed by atoms with Crippen molar-refractivity contribution in [3.63, 3.8) is 0 Å². The summed E-state index contributed by atoms with van der Waals surface area (Å²) in [5.74, 6) is -0.749. The van der Waals surface area contributed by atoms with Crippen LogP contribution >= 0.6 is 0 Å². The molecule has 3 rings (SSSR count). The Hall–Kier alpha value is -3.26. The van der Waals surface area contributed by atoms with Gasteiger partial charge in [-0.25, -0.2) is 4.39 Å². The summed E-state index contributed by atoms with van der Waals surface area (Å²) in [5.41, 5.74) is 3.33. The predicted molar refractivity (Wildman–Crippen MR) is 134 cm³/mol. The van der Waals surface area contributed by atoms with Gasteiger partial charge < -0.3 is 15.5 Å². The summed E-state index contributed by atoms with van der Waals surface area (Å²) in [6.45, 7) is 5.74. The standard InChI is InChI=1S/C27H35FN4O3/c1-19-7-6-8-20(2)26(19)30-24(33)17-31(3)25(34)18-32-15-12-22(13-16-32)27(35)29-14-11-21-9-4-5-10-23(21)28/h4-10,22H,11-18H2,1-3H3,(H,29,35)(H,30,33). The van der Waals surface area contributed by atoms with Crippen LogP contribution in [0.1, 0.15) is 29.5 Å². The normalized spacial score (nSPS) is 14.4. The van der Waals surface area contributed by atoms with Gasteiger partial charge in [0, 0.05) is 25.2 Å². The molecule has 3 amide bonds. The Labute approximate surface area is 206 Å². The van der Waals surface area contributed by atoms with Gasteiger partial charge in [0.2, 0.25) is 17.7 Å². The number of likely N-dealkylation sites (N-methyl/N-ethyl adjacent to an activating group) is 1. The smallest absolute Gasteiger partial charge is 0.243 e. The maximum atomic E-state index is 13.7. The van der Waals surface area contributed by atoms with Crippen LogP contribution in [0.3, 0.4) is 0 Å². The van der Waals surface area contributed by atoms with E-state index in [4.69, 9.17) is 0 Å². The maximum Gasteiger partial charge on any atom is 0.243 e. The minimum absolute atomic E-state index is 0.0204. The van der Waals surface area contributed by atoms with E-state index < -0.39 is 0 Å². The molecule has 1 heterocycles. The molecule has 0 saturated carbocycles. The van der Waals surface area contributed by atoms with Gasteiger partial charge in [-0.2, -0.15) is 0 Å². The molecule has 7 nitrogen and oxygen atoms in total. The first-order valence-corrected chi connectivity index (χ1v) is 12.1. The van der Waals surface area contributed by atoms with Gasteiger partial charge in [-0.1, -0.05) is 36.4 Å². The zero-order valence-corrected chi connectivity index (χ0v) is 20.8. The molecule has 1 aliphatic heterocycles. The van der Waals surface area contributed by atoms with Crippen molar-refractivity contribution in [3.05, 3.63) is 65.0 Å². The van der Waals surface area contributed by atoms with Crippen molar-refractivity contribution in [2.24, 2.45) is 5.92 Å². The lowest BCUT2D eigenvalue weighted by Crippen LogP contribution is -2.46. The summed E-state index contributed by atoms with van der Waals surface area (Å²) in [7, 11) is 1.63. The molecule has 0 radical (unpaired) electrons. The first kappa shape index (κ1) is 26.3. The molecule has 1 fully saturated rings. The van der Waals surface area contributed by atoms with Crippen LogP contribution in [-0.2, 0) is 20.8 Å². The number of piperidine rings is 1. The molecule has 1 saturated heterocycles. The van der Waals surface area contributed by atoms with E-state index in [0.29, 0.717) is 44.5 Å². The van der Waals surface area contributed by atoms with Crippen LogP contribution in [0.15, 0.2) is 42.5 Å². The summed E-state index contributed by atoms with van der Waals surface area (Å²) in [6.07, 6.45) is 1.78. The van der Waals surface area contributed by atoms with Gasteiger partial charge in [-0.3, -0.25) is 19.3 Å². The Morgan fingerprint density at radius 2 is 1.69 bits per heavy atom. The number of halogens is 1. The number of nitrogens with zero attached hydrogens (tertiary/aromatic N) is 2. The van der Waals surface area contributed by atoms with E-state index in [9.17, 15) is 18.8 Å². The lowest BCUT2D eigenvalue weighted by Gasteiger charge is -2.31. The molecule has 0 spiro atoms. The molecular formula is C27H35FN4O3. The molecule has 0 bridgehead atoms. The van der Waals surface area contributed by atoms with E-state index in [1.54, 1.807) is 25.2 Å². The number of carbonyl (C=O) groups excluding carboxylic acids is 3. The minimum atomic E-state index is -0.257. The highest BCUT2D eigenvalue weighted by Gasteiger charge is 2.26. The zero-order chi connectivity index (χ0) is 25.4. The van der Waals surface area contributed by atoms with Crippen molar-refractivity contribution >= 4 is 23.4 Å². The molecule has 0 atom stereocenters. The molecule has 2 aromatic carbocycles. The van der Waals surface area contributed by atoms with E-state index in [-0.39, 0.29) is 42.5 Å². The summed E-state index contributed by atoms with van der Waals surface area (Å²) in [6, 6.07) is 12.4. The van der Waals surface area contributed by atoms with Crippen molar-refractivity contribution in [2.75, 3.05) is 45.1 Å². The molecule has 0 unspecified atom stereocenters. The second-order valence-corrected chi connectivity index (χ2v) is 9.25. The Morgan fingerprint density at radius 3 is 2.34 bits per heavy atom. The Bertz CT molecular complexity index is 1030. The minimum Gasteiger partial charge on any atom is -0.356 e. The van der Waals surface area contributed by atoms with Crippen LogP contribution in [0.4, 0.5) is 10.1 Å². The number of hydrogen-bond acceptors (Lipinski definition) is 4. The van der Waals surface area contributed by atoms with Crippen LogP contribution in [0.25, 0.3) is 0 Å². The number of amides is 3. The topological polar surface area (TPSA) is 81.8 Å². The number of rotatable bonds is 9. The van der Waals surface area contributed by atoms with E-state index in [1.165, 1.54) is 11.0 Å². The van der Waals surface area contributed by atoms with Gasteiger partial charge in [-0.15, -0.1) is 0 Å². The Morgan fingerprint density at radius 1 is 1.03 bits per heavy atom. The maximum absolute atomic E-state index is 13.7. The number of likely N-dealkylation sites (tertiary alicyclic amines) is 1. The predicted octanol–water partition coefficient (Wildman–Crippen LogP) is 2.91. The molecule has 0 aromatic heterocycles. The third-order valence-corrected chi connectivity index (χ3v) is 6.52. The summed E-state index contributed by atoms with van der Waals surface area (Å²) < 4.78 is 13.7. The number of hydrogen-bond donors (Lipinski definition) is 2. The van der Waals surface area contributed by atoms with E-state index >= 15 is 0 Å². The second-order valence-electron chi connectivity index (χ2n) is 9.25. The third-order valence-electron chi connectivity index (χ3n) is 6.52. The lowest BCUT2D eigenvalue weighted by atomic mass is 9.96. The summed E-state index contributed by atoms with van der Waals surface area (Å²) >= 11 is 0. The van der Waals surface area contributed by atoms with Gasteiger partial charge in [0.25, 0.3) is 0 Å².